The van der Waals surface area contributed by atoms with E-state index < -0.39 is 0 Å². The normalized spacial score (nSPS) is 19.8. The van der Waals surface area contributed by atoms with Gasteiger partial charge in [-0.25, -0.2) is 0 Å². The van der Waals surface area contributed by atoms with Gasteiger partial charge in [0.25, 0.3) is 0 Å². The monoisotopic (exact) mass is 260 g/mol. The van der Waals surface area contributed by atoms with E-state index in [1.807, 2.05) is 14.0 Å². The fraction of sp³-hybridized carbons (Fsp3) is 0.750. The van der Waals surface area contributed by atoms with E-state index in [9.17, 15) is 0 Å². The second-order valence-corrected chi connectivity index (χ2v) is 5.84. The Kier molecular flexibility index (Phi) is 3.24. The van der Waals surface area contributed by atoms with Gasteiger partial charge >= 0.3 is 0 Å². The van der Waals surface area contributed by atoms with Crippen LogP contribution in [0.25, 0.3) is 0 Å². The molecule has 0 N–H and O–H groups in total. The van der Waals surface area contributed by atoms with E-state index in [2.05, 4.69) is 12.0 Å². The fourth-order valence-corrected chi connectivity index (χ4v) is 2.91. The van der Waals surface area contributed by atoms with Gasteiger partial charge in [0.15, 0.2) is 0 Å². The van der Waals surface area contributed by atoms with Crippen molar-refractivity contribution >= 4 is 23.2 Å². The van der Waals surface area contributed by atoms with Gasteiger partial charge in [0.05, 0.1) is 5.69 Å². The molecule has 1 aliphatic rings. The van der Waals surface area contributed by atoms with Crippen LogP contribution in [0.3, 0.4) is 0 Å². The lowest BCUT2D eigenvalue weighted by Gasteiger charge is -2.27. The summed E-state index contributed by atoms with van der Waals surface area (Å²) in [5, 5.41) is 5.11. The van der Waals surface area contributed by atoms with Crippen molar-refractivity contribution in [3.05, 3.63) is 16.4 Å². The molecule has 0 bridgehead atoms. The summed E-state index contributed by atoms with van der Waals surface area (Å²) in [6.45, 7) is 4.28. The molecule has 2 nitrogen and oxygen atoms in total. The van der Waals surface area contributed by atoms with Gasteiger partial charge in [-0.2, -0.15) is 5.10 Å². The lowest BCUT2D eigenvalue weighted by atomic mass is 9.81. The first-order valence-corrected chi connectivity index (χ1v) is 6.63. The van der Waals surface area contributed by atoms with Gasteiger partial charge in [-0.3, -0.25) is 4.68 Å². The minimum atomic E-state index is 0.180. The number of hydrogen-bond donors (Lipinski definition) is 0. The highest BCUT2D eigenvalue weighted by Crippen LogP contribution is 2.48. The van der Waals surface area contributed by atoms with E-state index in [1.54, 1.807) is 4.68 Å². The molecule has 1 atom stereocenters. The van der Waals surface area contributed by atoms with Crippen LogP contribution < -0.4 is 0 Å². The van der Waals surface area contributed by atoms with Gasteiger partial charge in [-0.05, 0) is 37.5 Å². The molecule has 0 aliphatic heterocycles. The molecule has 1 aliphatic carbocycles. The molecule has 90 valence electrons. The zero-order valence-electron chi connectivity index (χ0n) is 10.1. The van der Waals surface area contributed by atoms with Crippen molar-refractivity contribution in [2.45, 2.75) is 33.1 Å². The van der Waals surface area contributed by atoms with E-state index in [-0.39, 0.29) is 5.41 Å². The molecule has 16 heavy (non-hydrogen) atoms. The van der Waals surface area contributed by atoms with Gasteiger partial charge < -0.3 is 0 Å². The van der Waals surface area contributed by atoms with Crippen molar-refractivity contribution in [2.24, 2.45) is 18.4 Å². The van der Waals surface area contributed by atoms with Gasteiger partial charge in [-0.15, -0.1) is 11.6 Å². The van der Waals surface area contributed by atoms with Gasteiger partial charge in [-0.1, -0.05) is 18.5 Å². The van der Waals surface area contributed by atoms with Crippen molar-refractivity contribution in [3.8, 4) is 0 Å². The predicted octanol–water partition coefficient (Wildman–Crippen LogP) is 3.58. The first-order valence-electron chi connectivity index (χ1n) is 5.72. The maximum absolute atomic E-state index is 6.26. The molecule has 1 heterocycles. The molecule has 2 rings (SSSR count). The quantitative estimate of drug-likeness (QED) is 0.757. The Balaban J connectivity index is 2.25. The smallest absolute Gasteiger partial charge is 0.130 e. The fourth-order valence-electron chi connectivity index (χ4n) is 2.36. The average Bonchev–Trinajstić information content (AvgIpc) is 3.05. The minimum absolute atomic E-state index is 0.180. The van der Waals surface area contributed by atoms with Crippen LogP contribution in [-0.4, -0.2) is 15.7 Å². The molecule has 0 spiro atoms. The zero-order chi connectivity index (χ0) is 11.9. The van der Waals surface area contributed by atoms with Crippen LogP contribution >= 0.6 is 23.2 Å². The van der Waals surface area contributed by atoms with E-state index >= 15 is 0 Å². The molecule has 1 saturated carbocycles. The molecule has 0 aromatic carbocycles. The van der Waals surface area contributed by atoms with Crippen molar-refractivity contribution < 1.29 is 0 Å². The van der Waals surface area contributed by atoms with Gasteiger partial charge in [0, 0.05) is 18.5 Å². The highest BCUT2D eigenvalue weighted by molar-refractivity contribution is 6.30. The van der Waals surface area contributed by atoms with Crippen LogP contribution in [0.15, 0.2) is 0 Å². The number of hydrogen-bond acceptors (Lipinski definition) is 1. The highest BCUT2D eigenvalue weighted by atomic mass is 35.5. The first-order chi connectivity index (χ1) is 7.48. The topological polar surface area (TPSA) is 17.8 Å². The van der Waals surface area contributed by atoms with E-state index in [0.29, 0.717) is 5.88 Å². The molecular weight excluding hydrogens is 243 g/mol. The summed E-state index contributed by atoms with van der Waals surface area (Å²) < 4.78 is 1.74. The summed E-state index contributed by atoms with van der Waals surface area (Å²) in [6, 6.07) is 0. The summed E-state index contributed by atoms with van der Waals surface area (Å²) >= 11 is 12.4. The Hall–Kier alpha value is -0.210. The molecule has 0 amide bonds. The third-order valence-electron chi connectivity index (χ3n) is 3.72. The number of halogens is 2. The number of alkyl halides is 1. The maximum atomic E-state index is 6.26. The standard InChI is InChI=1S/C12H18Cl2N2/c1-8-10(11(14)16(3)15-8)6-12(2,7-13)9-4-5-9/h9H,4-7H2,1-3H3. The first kappa shape index (κ1) is 12.3. The molecule has 1 aromatic heterocycles. The summed E-state index contributed by atoms with van der Waals surface area (Å²) in [5.74, 6) is 1.46. The van der Waals surface area contributed by atoms with Crippen LogP contribution in [0.4, 0.5) is 0 Å². The molecule has 0 radical (unpaired) electrons. The SMILES string of the molecule is Cc1nn(C)c(Cl)c1CC(C)(CCl)C1CC1. The molecule has 1 aromatic rings. The predicted molar refractivity (Wildman–Crippen MR) is 68.2 cm³/mol. The second kappa shape index (κ2) is 4.23. The Labute approximate surface area is 107 Å². The van der Waals surface area contributed by atoms with Crippen LogP contribution in [0.1, 0.15) is 31.0 Å². The molecular formula is C12H18Cl2N2. The Bertz CT molecular complexity index is 396. The summed E-state index contributed by atoms with van der Waals surface area (Å²) in [4.78, 5) is 0. The van der Waals surface area contributed by atoms with E-state index in [0.717, 1.165) is 23.2 Å². The lowest BCUT2D eigenvalue weighted by Crippen LogP contribution is -2.24. The summed E-state index contributed by atoms with van der Waals surface area (Å²) in [7, 11) is 1.88. The van der Waals surface area contributed by atoms with Crippen LogP contribution in [0.2, 0.25) is 5.15 Å². The second-order valence-electron chi connectivity index (χ2n) is 5.22. The molecule has 0 saturated heterocycles. The zero-order valence-corrected chi connectivity index (χ0v) is 11.6. The van der Waals surface area contributed by atoms with Crippen molar-refractivity contribution in [3.63, 3.8) is 0 Å². The Morgan fingerprint density at radius 1 is 1.50 bits per heavy atom. The number of rotatable bonds is 4. The van der Waals surface area contributed by atoms with Crippen LogP contribution in [0, 0.1) is 18.3 Å². The maximum Gasteiger partial charge on any atom is 0.130 e. The van der Waals surface area contributed by atoms with Gasteiger partial charge in [0.2, 0.25) is 0 Å². The Morgan fingerprint density at radius 3 is 2.50 bits per heavy atom. The molecule has 1 unspecified atom stereocenters. The number of aryl methyl sites for hydroxylation is 2. The third-order valence-corrected chi connectivity index (χ3v) is 4.80. The van der Waals surface area contributed by atoms with Crippen molar-refractivity contribution in [2.75, 3.05) is 5.88 Å². The summed E-state index contributed by atoms with van der Waals surface area (Å²) in [5.41, 5.74) is 2.38. The highest BCUT2D eigenvalue weighted by Gasteiger charge is 2.41. The average molecular weight is 261 g/mol. The van der Waals surface area contributed by atoms with E-state index in [1.165, 1.54) is 18.4 Å². The number of aromatic nitrogens is 2. The third kappa shape index (κ3) is 2.10. The van der Waals surface area contributed by atoms with Crippen molar-refractivity contribution in [1.82, 2.24) is 9.78 Å². The van der Waals surface area contributed by atoms with Crippen molar-refractivity contribution in [1.29, 1.82) is 0 Å². The number of nitrogens with zero attached hydrogens (tertiary/aromatic N) is 2. The van der Waals surface area contributed by atoms with Crippen LogP contribution in [-0.2, 0) is 13.5 Å². The van der Waals surface area contributed by atoms with Gasteiger partial charge in [0.1, 0.15) is 5.15 Å². The van der Waals surface area contributed by atoms with Crippen LogP contribution in [0.5, 0.6) is 0 Å². The summed E-state index contributed by atoms with van der Waals surface area (Å²) in [6.07, 6.45) is 3.56. The Morgan fingerprint density at radius 2 is 2.12 bits per heavy atom. The largest absolute Gasteiger partial charge is 0.257 e. The van der Waals surface area contributed by atoms with E-state index in [4.69, 9.17) is 23.2 Å². The minimum Gasteiger partial charge on any atom is -0.257 e. The molecule has 1 fully saturated rings. The molecule has 4 heteroatoms. The lowest BCUT2D eigenvalue weighted by molar-refractivity contribution is 0.313.